The molecular formula is C18H20N2O4P+. The van der Waals surface area contributed by atoms with Crippen LogP contribution >= 0.6 is 8.25 Å². The number of nitrogens with zero attached hydrogens (tertiary/aromatic N) is 2. The first-order chi connectivity index (χ1) is 12.0. The maximum Gasteiger partial charge on any atom is 0.747 e. The molecule has 0 aliphatic rings. The molecule has 130 valence electrons. The van der Waals surface area contributed by atoms with Gasteiger partial charge in [0.2, 0.25) is 0 Å². The van der Waals surface area contributed by atoms with Crippen molar-refractivity contribution >= 4 is 19.3 Å². The molecule has 1 heterocycles. The molecule has 3 rings (SSSR count). The molecule has 0 aliphatic heterocycles. The lowest BCUT2D eigenvalue weighted by molar-refractivity contribution is 0.408. The summed E-state index contributed by atoms with van der Waals surface area (Å²) in [5, 5.41) is 9.91. The molecule has 1 unspecified atom stereocenters. The Bertz CT molecular complexity index is 936. The van der Waals surface area contributed by atoms with Gasteiger partial charge in [-0.15, -0.1) is 4.89 Å². The third-order valence-electron chi connectivity index (χ3n) is 4.34. The molecule has 25 heavy (non-hydrogen) atoms. The molecule has 0 fully saturated rings. The van der Waals surface area contributed by atoms with Gasteiger partial charge in [-0.25, -0.2) is 9.51 Å². The average Bonchev–Trinajstić information content (AvgIpc) is 2.99. The van der Waals surface area contributed by atoms with Gasteiger partial charge in [-0.05, 0) is 42.2 Å². The Morgan fingerprint density at radius 1 is 1.16 bits per heavy atom. The average molecular weight is 359 g/mol. The monoisotopic (exact) mass is 359 g/mol. The van der Waals surface area contributed by atoms with Crippen LogP contribution in [-0.2, 0) is 24.0 Å². The van der Waals surface area contributed by atoms with Gasteiger partial charge in [0.15, 0.2) is 5.75 Å². The fourth-order valence-electron chi connectivity index (χ4n) is 3.25. The fourth-order valence-corrected chi connectivity index (χ4v) is 3.59. The summed E-state index contributed by atoms with van der Waals surface area (Å²) in [4.78, 5) is 13.3. The number of para-hydroxylation sites is 1. The Hall–Kier alpha value is -2.43. The minimum atomic E-state index is -2.69. The van der Waals surface area contributed by atoms with Crippen LogP contribution in [0.1, 0.15) is 30.5 Å². The van der Waals surface area contributed by atoms with Crippen molar-refractivity contribution in [2.75, 3.05) is 0 Å². The highest BCUT2D eigenvalue weighted by molar-refractivity contribution is 7.32. The van der Waals surface area contributed by atoms with Crippen LogP contribution in [-0.4, -0.2) is 19.6 Å². The van der Waals surface area contributed by atoms with Gasteiger partial charge in [0, 0.05) is 16.7 Å². The maximum atomic E-state index is 11.0. The van der Waals surface area contributed by atoms with Crippen LogP contribution in [0.25, 0.3) is 11.0 Å². The van der Waals surface area contributed by atoms with E-state index >= 15 is 0 Å². The fraction of sp³-hybridized carbons (Fsp3) is 0.278. The number of benzene rings is 2. The van der Waals surface area contributed by atoms with Crippen molar-refractivity contribution in [2.45, 2.75) is 33.2 Å². The van der Waals surface area contributed by atoms with Crippen LogP contribution in [0, 0.1) is 0 Å². The van der Waals surface area contributed by atoms with E-state index in [9.17, 15) is 9.67 Å². The van der Waals surface area contributed by atoms with E-state index in [1.54, 1.807) is 24.5 Å². The molecule has 0 bridgehead atoms. The summed E-state index contributed by atoms with van der Waals surface area (Å²) in [5.41, 5.74) is 4.60. The number of aromatic nitrogens is 2. The molecule has 0 amide bonds. The largest absolute Gasteiger partial charge is 0.747 e. The minimum Gasteiger partial charge on any atom is -0.506 e. The molecule has 6 nitrogen and oxygen atoms in total. The predicted molar refractivity (Wildman–Crippen MR) is 96.2 cm³/mol. The second-order valence-electron chi connectivity index (χ2n) is 5.73. The van der Waals surface area contributed by atoms with Crippen LogP contribution in [0.4, 0.5) is 0 Å². The Kier molecular flexibility index (Phi) is 5.02. The summed E-state index contributed by atoms with van der Waals surface area (Å²) in [7, 11) is -2.69. The van der Waals surface area contributed by atoms with E-state index < -0.39 is 8.25 Å². The molecule has 2 N–H and O–H groups in total. The van der Waals surface area contributed by atoms with Crippen LogP contribution < -0.4 is 4.52 Å². The van der Waals surface area contributed by atoms with E-state index in [0.717, 1.165) is 28.6 Å². The zero-order chi connectivity index (χ0) is 18.0. The first kappa shape index (κ1) is 17.4. The molecule has 0 radical (unpaired) electrons. The van der Waals surface area contributed by atoms with Crippen molar-refractivity contribution in [2.24, 2.45) is 0 Å². The topological polar surface area (TPSA) is 84.6 Å². The Morgan fingerprint density at radius 2 is 1.92 bits per heavy atom. The van der Waals surface area contributed by atoms with E-state index in [4.69, 9.17) is 9.42 Å². The van der Waals surface area contributed by atoms with Gasteiger partial charge in [0.25, 0.3) is 0 Å². The van der Waals surface area contributed by atoms with Gasteiger partial charge in [0.05, 0.1) is 11.8 Å². The molecule has 0 saturated carbocycles. The van der Waals surface area contributed by atoms with Gasteiger partial charge in [0.1, 0.15) is 11.3 Å². The van der Waals surface area contributed by atoms with E-state index in [-0.39, 0.29) is 5.75 Å². The van der Waals surface area contributed by atoms with Gasteiger partial charge in [-0.2, -0.15) is 0 Å². The molecule has 0 saturated heterocycles. The Morgan fingerprint density at radius 3 is 2.60 bits per heavy atom. The summed E-state index contributed by atoms with van der Waals surface area (Å²) < 4.78 is 18.1. The molecule has 2 aromatic carbocycles. The zero-order valence-corrected chi connectivity index (χ0v) is 15.0. The van der Waals surface area contributed by atoms with E-state index in [1.807, 2.05) is 23.6 Å². The van der Waals surface area contributed by atoms with Crippen molar-refractivity contribution < 1.29 is 19.1 Å². The first-order valence-electron chi connectivity index (χ1n) is 8.15. The molecule has 7 heteroatoms. The minimum absolute atomic E-state index is 0.164. The standard InChI is InChI=1S/C18H19N2O4P/c1-3-13-12(8-9-17(14(13)4-2)24-25(22)23)10-20-11-19-18-15(20)6-5-7-16(18)21/h5-9,11H,3-4,10H2,1-2H3,(H-,21,22,23)/p+1. The normalized spacial score (nSPS) is 11.7. The van der Waals surface area contributed by atoms with Crippen LogP contribution in [0.15, 0.2) is 36.7 Å². The summed E-state index contributed by atoms with van der Waals surface area (Å²) in [5.74, 6) is 0.622. The van der Waals surface area contributed by atoms with Crippen molar-refractivity contribution in [1.29, 1.82) is 0 Å². The maximum absolute atomic E-state index is 11.0. The van der Waals surface area contributed by atoms with Gasteiger partial charge in [-0.1, -0.05) is 26.0 Å². The quantitative estimate of drug-likeness (QED) is 0.651. The number of hydrogen-bond acceptors (Lipinski definition) is 4. The van der Waals surface area contributed by atoms with Gasteiger partial charge < -0.3 is 9.67 Å². The third-order valence-corrected chi connectivity index (χ3v) is 4.69. The summed E-state index contributed by atoms with van der Waals surface area (Å²) in [6.45, 7) is 4.65. The summed E-state index contributed by atoms with van der Waals surface area (Å²) in [6, 6.07) is 8.99. The second kappa shape index (κ2) is 7.21. The number of phenols is 1. The Balaban J connectivity index is 2.04. The van der Waals surface area contributed by atoms with Crippen molar-refractivity contribution in [3.63, 3.8) is 0 Å². The summed E-state index contributed by atoms with van der Waals surface area (Å²) in [6.07, 6.45) is 3.21. The smallest absolute Gasteiger partial charge is 0.506 e. The van der Waals surface area contributed by atoms with Crippen molar-refractivity contribution in [3.05, 3.63) is 53.3 Å². The second-order valence-corrected chi connectivity index (χ2v) is 6.39. The van der Waals surface area contributed by atoms with E-state index in [0.29, 0.717) is 24.2 Å². The molecule has 3 aromatic rings. The third kappa shape index (κ3) is 3.36. The SMILES string of the molecule is CCc1c(Cn2cnc3c(O)cccc32)ccc(O[P+](=O)O)c1CC. The van der Waals surface area contributed by atoms with Gasteiger partial charge in [-0.3, -0.25) is 0 Å². The zero-order valence-electron chi connectivity index (χ0n) is 14.1. The van der Waals surface area contributed by atoms with Crippen LogP contribution in [0.5, 0.6) is 11.5 Å². The van der Waals surface area contributed by atoms with Gasteiger partial charge >= 0.3 is 8.25 Å². The first-order valence-corrected chi connectivity index (χ1v) is 9.28. The molecule has 1 aromatic heterocycles. The molecule has 0 spiro atoms. The lowest BCUT2D eigenvalue weighted by Gasteiger charge is -2.15. The lowest BCUT2D eigenvalue weighted by Crippen LogP contribution is -2.05. The number of hydrogen-bond donors (Lipinski definition) is 2. The highest BCUT2D eigenvalue weighted by Gasteiger charge is 2.21. The predicted octanol–water partition coefficient (Wildman–Crippen LogP) is 3.94. The Labute approximate surface area is 146 Å². The van der Waals surface area contributed by atoms with E-state index in [1.165, 1.54) is 0 Å². The number of fused-ring (bicyclic) bond motifs is 1. The molecule has 0 aliphatic carbocycles. The van der Waals surface area contributed by atoms with Crippen LogP contribution in [0.2, 0.25) is 0 Å². The number of imidazole rings is 1. The summed E-state index contributed by atoms with van der Waals surface area (Å²) >= 11 is 0. The van der Waals surface area contributed by atoms with Crippen molar-refractivity contribution in [1.82, 2.24) is 9.55 Å². The number of rotatable bonds is 6. The highest BCUT2D eigenvalue weighted by Crippen LogP contribution is 2.33. The van der Waals surface area contributed by atoms with E-state index in [2.05, 4.69) is 11.9 Å². The lowest BCUT2D eigenvalue weighted by atomic mass is 9.96. The number of phenolic OH excluding ortho intramolecular Hbond substituents is 1. The molecule has 1 atom stereocenters. The van der Waals surface area contributed by atoms with Crippen molar-refractivity contribution in [3.8, 4) is 11.5 Å². The highest BCUT2D eigenvalue weighted by atomic mass is 31.1. The molecular weight excluding hydrogens is 339 g/mol. The number of aromatic hydroxyl groups is 1. The van der Waals surface area contributed by atoms with Crippen LogP contribution in [0.3, 0.4) is 0 Å².